The van der Waals surface area contributed by atoms with Gasteiger partial charge in [0.05, 0.1) is 10.5 Å². The molecule has 0 radical (unpaired) electrons. The van der Waals surface area contributed by atoms with Gasteiger partial charge in [-0.15, -0.1) is 0 Å². The Labute approximate surface area is 139 Å². The number of halogens is 1. The molecule has 1 aliphatic carbocycles. The minimum Gasteiger partial charge on any atom is -0.508 e. The summed E-state index contributed by atoms with van der Waals surface area (Å²) in [6.45, 7) is 0. The molecule has 0 saturated heterocycles. The van der Waals surface area contributed by atoms with Gasteiger partial charge in [-0.3, -0.25) is 4.98 Å². The third kappa shape index (κ3) is 2.51. The first-order valence-electron chi connectivity index (χ1n) is 7.88. The Morgan fingerprint density at radius 3 is 2.65 bits per heavy atom. The molecule has 0 bridgehead atoms. The van der Waals surface area contributed by atoms with E-state index in [4.69, 9.17) is 11.6 Å². The fourth-order valence-electron chi connectivity index (χ4n) is 3.36. The number of rotatable bonds is 2. The lowest BCUT2D eigenvalue weighted by Crippen LogP contribution is -2.06. The summed E-state index contributed by atoms with van der Waals surface area (Å²) in [6, 6.07) is 11.5. The van der Waals surface area contributed by atoms with Gasteiger partial charge in [0.1, 0.15) is 5.75 Å². The number of fused-ring (bicyclic) bond motifs is 2. The molecule has 3 aromatic rings. The van der Waals surface area contributed by atoms with E-state index in [1.807, 2.05) is 30.3 Å². The average molecular weight is 325 g/mol. The van der Waals surface area contributed by atoms with Crippen molar-refractivity contribution < 1.29 is 5.11 Å². The number of pyridine rings is 1. The van der Waals surface area contributed by atoms with E-state index in [1.165, 1.54) is 5.56 Å². The van der Waals surface area contributed by atoms with Crippen LogP contribution >= 0.6 is 11.6 Å². The zero-order valence-electron chi connectivity index (χ0n) is 12.6. The summed E-state index contributed by atoms with van der Waals surface area (Å²) in [4.78, 5) is 4.37. The second-order valence-corrected chi connectivity index (χ2v) is 6.32. The number of aromatic hydroxyl groups is 1. The molecule has 1 aromatic heterocycles. The molecule has 116 valence electrons. The van der Waals surface area contributed by atoms with Crippen molar-refractivity contribution in [1.29, 1.82) is 0 Å². The second-order valence-electron chi connectivity index (χ2n) is 5.92. The summed E-state index contributed by atoms with van der Waals surface area (Å²) in [5, 5.41) is 15.3. The van der Waals surface area contributed by atoms with E-state index < -0.39 is 0 Å². The van der Waals surface area contributed by atoms with E-state index in [0.29, 0.717) is 10.8 Å². The second kappa shape index (κ2) is 5.74. The van der Waals surface area contributed by atoms with Crippen LogP contribution in [-0.2, 0) is 12.8 Å². The topological polar surface area (TPSA) is 45.1 Å². The molecular formula is C19H17ClN2O. The van der Waals surface area contributed by atoms with Crippen LogP contribution in [-0.4, -0.2) is 10.1 Å². The highest BCUT2D eigenvalue weighted by Crippen LogP contribution is 2.37. The van der Waals surface area contributed by atoms with Crippen molar-refractivity contribution in [2.75, 3.05) is 5.32 Å². The highest BCUT2D eigenvalue weighted by atomic mass is 35.5. The largest absolute Gasteiger partial charge is 0.508 e. The Morgan fingerprint density at radius 2 is 1.78 bits per heavy atom. The smallest absolute Gasteiger partial charge is 0.119 e. The fraction of sp³-hybridized carbons (Fsp3) is 0.211. The van der Waals surface area contributed by atoms with E-state index >= 15 is 0 Å². The molecule has 3 nitrogen and oxygen atoms in total. The molecule has 2 N–H and O–H groups in total. The predicted octanol–water partition coefficient (Wildman–Crippen LogP) is 5.22. The lowest BCUT2D eigenvalue weighted by molar-refractivity contribution is 0.462. The maximum atomic E-state index is 10.1. The van der Waals surface area contributed by atoms with E-state index in [1.54, 1.807) is 12.3 Å². The third-order valence-electron chi connectivity index (χ3n) is 4.50. The van der Waals surface area contributed by atoms with Gasteiger partial charge >= 0.3 is 0 Å². The lowest BCUT2D eigenvalue weighted by atomic mass is 9.89. The molecule has 0 aliphatic heterocycles. The summed E-state index contributed by atoms with van der Waals surface area (Å²) in [5.74, 6) is 0.410. The number of hydrogen-bond acceptors (Lipinski definition) is 3. The van der Waals surface area contributed by atoms with Gasteiger partial charge in [0.15, 0.2) is 0 Å². The van der Waals surface area contributed by atoms with Crippen LogP contribution in [0.4, 0.5) is 11.4 Å². The quantitative estimate of drug-likeness (QED) is 0.635. The predicted molar refractivity (Wildman–Crippen MR) is 94.8 cm³/mol. The number of phenols is 1. The van der Waals surface area contributed by atoms with Crippen LogP contribution < -0.4 is 5.32 Å². The SMILES string of the molecule is Oc1ccc(Nc2ccnc3c(Cl)cccc23)c2c1CCCC2. The minimum absolute atomic E-state index is 0.410. The highest BCUT2D eigenvalue weighted by Gasteiger charge is 2.17. The Balaban J connectivity index is 1.82. The molecule has 2 aromatic carbocycles. The number of benzene rings is 2. The number of nitrogens with one attached hydrogen (secondary N) is 1. The number of phenolic OH excluding ortho intramolecular Hbond substituents is 1. The van der Waals surface area contributed by atoms with Crippen LogP contribution in [0, 0.1) is 0 Å². The number of para-hydroxylation sites is 1. The number of nitrogens with zero attached hydrogens (tertiary/aromatic N) is 1. The molecule has 1 aliphatic rings. The van der Waals surface area contributed by atoms with Crippen molar-refractivity contribution in [3.05, 3.63) is 58.7 Å². The number of hydrogen-bond donors (Lipinski definition) is 2. The zero-order valence-corrected chi connectivity index (χ0v) is 13.4. The maximum Gasteiger partial charge on any atom is 0.119 e. The first-order chi connectivity index (χ1) is 11.2. The Bertz CT molecular complexity index is 892. The molecule has 0 atom stereocenters. The highest BCUT2D eigenvalue weighted by molar-refractivity contribution is 6.35. The van der Waals surface area contributed by atoms with Crippen LogP contribution in [0.5, 0.6) is 5.75 Å². The van der Waals surface area contributed by atoms with Gasteiger partial charge in [-0.05, 0) is 61.1 Å². The molecule has 0 spiro atoms. The standard InChI is InChI=1S/C19H17ClN2O/c20-15-7-3-6-14-17(10-11-21-19(14)15)22-16-8-9-18(23)13-5-2-1-4-12(13)16/h3,6-11,23H,1-2,4-5H2,(H,21,22). The molecule has 0 saturated carbocycles. The summed E-state index contributed by atoms with van der Waals surface area (Å²) in [7, 11) is 0. The van der Waals surface area contributed by atoms with Crippen LogP contribution in [0.25, 0.3) is 10.9 Å². The molecular weight excluding hydrogens is 308 g/mol. The number of anilines is 2. The van der Waals surface area contributed by atoms with Crippen molar-refractivity contribution >= 4 is 33.9 Å². The van der Waals surface area contributed by atoms with Gasteiger partial charge in [0, 0.05) is 23.0 Å². The minimum atomic E-state index is 0.410. The van der Waals surface area contributed by atoms with Crippen molar-refractivity contribution in [2.24, 2.45) is 0 Å². The summed E-state index contributed by atoms with van der Waals surface area (Å²) in [6.07, 6.45) is 6.00. The third-order valence-corrected chi connectivity index (χ3v) is 4.81. The Hall–Kier alpha value is -2.26. The van der Waals surface area contributed by atoms with Gasteiger partial charge in [-0.25, -0.2) is 0 Å². The first-order valence-corrected chi connectivity index (χ1v) is 8.26. The van der Waals surface area contributed by atoms with Crippen LogP contribution in [0.15, 0.2) is 42.6 Å². The van der Waals surface area contributed by atoms with Crippen LogP contribution in [0.3, 0.4) is 0 Å². The Morgan fingerprint density at radius 1 is 0.957 bits per heavy atom. The van der Waals surface area contributed by atoms with Crippen molar-refractivity contribution in [3.8, 4) is 5.75 Å². The Kier molecular flexibility index (Phi) is 3.58. The van der Waals surface area contributed by atoms with Gasteiger partial charge in [-0.1, -0.05) is 23.7 Å². The van der Waals surface area contributed by atoms with Gasteiger partial charge < -0.3 is 10.4 Å². The molecule has 4 rings (SSSR count). The van der Waals surface area contributed by atoms with E-state index in [0.717, 1.165) is 53.5 Å². The van der Waals surface area contributed by atoms with Gasteiger partial charge in [0.25, 0.3) is 0 Å². The molecule has 0 fully saturated rings. The molecule has 0 amide bonds. The fourth-order valence-corrected chi connectivity index (χ4v) is 3.58. The summed E-state index contributed by atoms with van der Waals surface area (Å²) in [5.41, 5.74) is 5.15. The van der Waals surface area contributed by atoms with Crippen molar-refractivity contribution in [1.82, 2.24) is 4.98 Å². The average Bonchev–Trinajstić information content (AvgIpc) is 2.58. The monoisotopic (exact) mass is 324 g/mol. The molecule has 1 heterocycles. The molecule has 4 heteroatoms. The molecule has 23 heavy (non-hydrogen) atoms. The lowest BCUT2D eigenvalue weighted by Gasteiger charge is -2.21. The van der Waals surface area contributed by atoms with Gasteiger partial charge in [0.2, 0.25) is 0 Å². The molecule has 0 unspecified atom stereocenters. The maximum absolute atomic E-state index is 10.1. The summed E-state index contributed by atoms with van der Waals surface area (Å²) < 4.78 is 0. The van der Waals surface area contributed by atoms with Crippen LogP contribution in [0.2, 0.25) is 5.02 Å². The zero-order chi connectivity index (χ0) is 15.8. The van der Waals surface area contributed by atoms with E-state index in [9.17, 15) is 5.11 Å². The van der Waals surface area contributed by atoms with E-state index in [-0.39, 0.29) is 0 Å². The normalized spacial score (nSPS) is 13.8. The van der Waals surface area contributed by atoms with Crippen molar-refractivity contribution in [3.63, 3.8) is 0 Å². The summed E-state index contributed by atoms with van der Waals surface area (Å²) >= 11 is 6.24. The first kappa shape index (κ1) is 14.3. The number of aromatic nitrogens is 1. The van der Waals surface area contributed by atoms with Gasteiger partial charge in [-0.2, -0.15) is 0 Å². The van der Waals surface area contributed by atoms with Crippen molar-refractivity contribution in [2.45, 2.75) is 25.7 Å². The van der Waals surface area contributed by atoms with Crippen LogP contribution in [0.1, 0.15) is 24.0 Å². The van der Waals surface area contributed by atoms with E-state index in [2.05, 4.69) is 10.3 Å².